The molecule has 0 fully saturated rings. The Bertz CT molecular complexity index is 307. The number of carbonyl (C=O) groups is 1. The summed E-state index contributed by atoms with van der Waals surface area (Å²) in [5, 5.41) is 0. The Morgan fingerprint density at radius 1 is 1.21 bits per heavy atom. The number of hydrogen-bond donors (Lipinski definition) is 0. The number of ketones is 1. The molecule has 2 rings (SSSR count). The summed E-state index contributed by atoms with van der Waals surface area (Å²) in [6.45, 7) is 0. The van der Waals surface area contributed by atoms with Gasteiger partial charge in [-0.1, -0.05) is 30.4 Å². The van der Waals surface area contributed by atoms with Crippen LogP contribution < -0.4 is 0 Å². The van der Waals surface area contributed by atoms with Gasteiger partial charge >= 0.3 is 0 Å². The van der Waals surface area contributed by atoms with Gasteiger partial charge in [0.15, 0.2) is 5.78 Å². The van der Waals surface area contributed by atoms with Crippen LogP contribution in [-0.4, -0.2) is 5.78 Å². The summed E-state index contributed by atoms with van der Waals surface area (Å²) < 4.78 is 0. The molecular formula is C13H16O. The van der Waals surface area contributed by atoms with Crippen molar-refractivity contribution in [2.45, 2.75) is 32.1 Å². The highest BCUT2D eigenvalue weighted by Gasteiger charge is 2.19. The van der Waals surface area contributed by atoms with Gasteiger partial charge in [0.1, 0.15) is 0 Å². The number of allylic oxidation sites excluding steroid dienone is 6. The molecule has 0 N–H and O–H groups in total. The first kappa shape index (κ1) is 9.45. The van der Waals surface area contributed by atoms with Crippen LogP contribution in [0.1, 0.15) is 32.1 Å². The Hall–Kier alpha value is -1.11. The van der Waals surface area contributed by atoms with E-state index in [4.69, 9.17) is 0 Å². The van der Waals surface area contributed by atoms with Crippen LogP contribution in [0.25, 0.3) is 0 Å². The van der Waals surface area contributed by atoms with Crippen LogP contribution in [0.5, 0.6) is 0 Å². The van der Waals surface area contributed by atoms with Gasteiger partial charge in [0.05, 0.1) is 0 Å². The lowest BCUT2D eigenvalue weighted by molar-refractivity contribution is -0.117. The monoisotopic (exact) mass is 188 g/mol. The second-order valence-corrected chi connectivity index (χ2v) is 3.97. The van der Waals surface area contributed by atoms with Gasteiger partial charge in [0, 0.05) is 11.5 Å². The van der Waals surface area contributed by atoms with Crippen LogP contribution >= 0.6 is 0 Å². The van der Waals surface area contributed by atoms with Gasteiger partial charge in [-0.05, 0) is 32.1 Å². The molecule has 0 bridgehead atoms. The van der Waals surface area contributed by atoms with Crippen LogP contribution in [0.3, 0.4) is 0 Å². The van der Waals surface area contributed by atoms with Crippen LogP contribution in [0.2, 0.25) is 0 Å². The molecular weight excluding hydrogens is 172 g/mol. The molecule has 2 aliphatic carbocycles. The van der Waals surface area contributed by atoms with Crippen molar-refractivity contribution in [2.24, 2.45) is 5.92 Å². The Kier molecular flexibility index (Phi) is 2.97. The van der Waals surface area contributed by atoms with Crippen LogP contribution in [0.15, 0.2) is 36.0 Å². The van der Waals surface area contributed by atoms with E-state index in [0.717, 1.165) is 37.7 Å². The van der Waals surface area contributed by atoms with Crippen molar-refractivity contribution in [2.75, 3.05) is 0 Å². The fraction of sp³-hybridized carbons (Fsp3) is 0.462. The smallest absolute Gasteiger partial charge is 0.169 e. The van der Waals surface area contributed by atoms with Crippen molar-refractivity contribution in [3.63, 3.8) is 0 Å². The fourth-order valence-electron chi connectivity index (χ4n) is 2.04. The molecule has 0 aromatic rings. The molecule has 0 spiro atoms. The van der Waals surface area contributed by atoms with Gasteiger partial charge in [0.2, 0.25) is 0 Å². The highest BCUT2D eigenvalue weighted by Crippen LogP contribution is 2.23. The first-order valence-corrected chi connectivity index (χ1v) is 5.45. The van der Waals surface area contributed by atoms with Crippen molar-refractivity contribution in [1.29, 1.82) is 0 Å². The molecule has 0 amide bonds. The van der Waals surface area contributed by atoms with Crippen LogP contribution in [-0.2, 0) is 4.79 Å². The maximum Gasteiger partial charge on any atom is 0.169 e. The zero-order valence-electron chi connectivity index (χ0n) is 8.41. The molecule has 1 unspecified atom stereocenters. The minimum Gasteiger partial charge on any atom is -0.294 e. The van der Waals surface area contributed by atoms with E-state index in [9.17, 15) is 4.79 Å². The van der Waals surface area contributed by atoms with Gasteiger partial charge in [-0.25, -0.2) is 0 Å². The van der Waals surface area contributed by atoms with E-state index in [1.54, 1.807) is 0 Å². The SMILES string of the molecule is O=C(C1=CCCC=C1)C1C=CCCC1. The molecule has 74 valence electrons. The predicted octanol–water partition coefficient (Wildman–Crippen LogP) is 3.19. The lowest BCUT2D eigenvalue weighted by Crippen LogP contribution is -2.16. The predicted molar refractivity (Wildman–Crippen MR) is 57.9 cm³/mol. The number of hydrogen-bond acceptors (Lipinski definition) is 1. The second kappa shape index (κ2) is 4.41. The molecule has 1 atom stereocenters. The molecule has 0 aromatic carbocycles. The number of Topliss-reactive ketones (excluding diaryl/α,β-unsaturated/α-hetero) is 1. The van der Waals surface area contributed by atoms with Gasteiger partial charge in [-0.2, -0.15) is 0 Å². The van der Waals surface area contributed by atoms with Crippen molar-refractivity contribution in [1.82, 2.24) is 0 Å². The van der Waals surface area contributed by atoms with Crippen molar-refractivity contribution < 1.29 is 4.79 Å². The molecule has 1 heteroatoms. The standard InChI is InChI=1S/C13H16O/c14-13(11-7-3-1-4-8-11)12-9-5-2-6-10-12/h3,5,7-9,12H,1-2,4,6,10H2. The maximum atomic E-state index is 12.0. The molecule has 0 aromatic heterocycles. The Morgan fingerprint density at radius 2 is 2.14 bits per heavy atom. The highest BCUT2D eigenvalue weighted by atomic mass is 16.1. The summed E-state index contributed by atoms with van der Waals surface area (Å²) in [7, 11) is 0. The van der Waals surface area contributed by atoms with E-state index in [1.165, 1.54) is 0 Å². The summed E-state index contributed by atoms with van der Waals surface area (Å²) >= 11 is 0. The van der Waals surface area contributed by atoms with Gasteiger partial charge in [0.25, 0.3) is 0 Å². The average molecular weight is 188 g/mol. The van der Waals surface area contributed by atoms with Crippen LogP contribution in [0, 0.1) is 5.92 Å². The zero-order valence-corrected chi connectivity index (χ0v) is 8.41. The molecule has 0 saturated carbocycles. The first-order chi connectivity index (χ1) is 6.88. The molecule has 0 heterocycles. The van der Waals surface area contributed by atoms with Gasteiger partial charge in [-0.3, -0.25) is 4.79 Å². The third kappa shape index (κ3) is 2.03. The summed E-state index contributed by atoms with van der Waals surface area (Å²) in [6.07, 6.45) is 15.8. The van der Waals surface area contributed by atoms with Crippen molar-refractivity contribution in [3.05, 3.63) is 36.0 Å². The van der Waals surface area contributed by atoms with Gasteiger partial charge in [-0.15, -0.1) is 0 Å². The highest BCUT2D eigenvalue weighted by molar-refractivity contribution is 6.00. The number of rotatable bonds is 2. The lowest BCUT2D eigenvalue weighted by atomic mass is 9.87. The largest absolute Gasteiger partial charge is 0.294 e. The Morgan fingerprint density at radius 3 is 2.79 bits per heavy atom. The average Bonchev–Trinajstić information content (AvgIpc) is 2.30. The Labute approximate surface area is 85.2 Å². The van der Waals surface area contributed by atoms with E-state index in [-0.39, 0.29) is 5.92 Å². The molecule has 14 heavy (non-hydrogen) atoms. The fourth-order valence-corrected chi connectivity index (χ4v) is 2.04. The topological polar surface area (TPSA) is 17.1 Å². The molecule has 2 aliphatic rings. The van der Waals surface area contributed by atoms with E-state index in [0.29, 0.717) is 5.78 Å². The van der Waals surface area contributed by atoms with E-state index in [2.05, 4.69) is 24.3 Å². The van der Waals surface area contributed by atoms with Crippen molar-refractivity contribution >= 4 is 5.78 Å². The third-order valence-corrected chi connectivity index (χ3v) is 2.87. The summed E-state index contributed by atoms with van der Waals surface area (Å²) in [4.78, 5) is 12.0. The van der Waals surface area contributed by atoms with Crippen molar-refractivity contribution in [3.8, 4) is 0 Å². The summed E-state index contributed by atoms with van der Waals surface area (Å²) in [6, 6.07) is 0. The molecule has 0 saturated heterocycles. The normalized spacial score (nSPS) is 26.0. The summed E-state index contributed by atoms with van der Waals surface area (Å²) in [5.41, 5.74) is 0.924. The van der Waals surface area contributed by atoms with Crippen LogP contribution in [0.4, 0.5) is 0 Å². The zero-order chi connectivity index (χ0) is 9.80. The Balaban J connectivity index is 2.07. The molecule has 0 aliphatic heterocycles. The minimum atomic E-state index is 0.151. The quantitative estimate of drug-likeness (QED) is 0.608. The minimum absolute atomic E-state index is 0.151. The molecule has 0 radical (unpaired) electrons. The number of carbonyl (C=O) groups excluding carboxylic acids is 1. The van der Waals surface area contributed by atoms with E-state index < -0.39 is 0 Å². The van der Waals surface area contributed by atoms with E-state index in [1.807, 2.05) is 6.08 Å². The second-order valence-electron chi connectivity index (χ2n) is 3.97. The van der Waals surface area contributed by atoms with Gasteiger partial charge < -0.3 is 0 Å². The third-order valence-electron chi connectivity index (χ3n) is 2.87. The maximum absolute atomic E-state index is 12.0. The lowest BCUT2D eigenvalue weighted by Gasteiger charge is -2.16. The van der Waals surface area contributed by atoms with E-state index >= 15 is 0 Å². The molecule has 1 nitrogen and oxygen atoms in total. The summed E-state index contributed by atoms with van der Waals surface area (Å²) in [5.74, 6) is 0.467. The first-order valence-electron chi connectivity index (χ1n) is 5.45.